The van der Waals surface area contributed by atoms with E-state index in [-0.39, 0.29) is 11.4 Å². The zero-order chi connectivity index (χ0) is 27.5. The second kappa shape index (κ2) is 15.2. The quantitative estimate of drug-likeness (QED) is 0.0917. The number of hydrogen-bond acceptors (Lipinski definition) is 3. The molecule has 216 valence electrons. The number of ether oxygens (including phenoxy) is 1. The van der Waals surface area contributed by atoms with Crippen molar-refractivity contribution in [2.75, 3.05) is 0 Å². The lowest BCUT2D eigenvalue weighted by atomic mass is 9.55. The molecule has 0 radical (unpaired) electrons. The second-order valence-electron chi connectivity index (χ2n) is 13.0. The molecule has 0 aromatic heterocycles. The third-order valence-electron chi connectivity index (χ3n) is 10.3. The van der Waals surface area contributed by atoms with Gasteiger partial charge in [-0.05, 0) is 105 Å². The summed E-state index contributed by atoms with van der Waals surface area (Å²) in [6.07, 6.45) is 27.8. The van der Waals surface area contributed by atoms with E-state index in [0.717, 1.165) is 51.4 Å². The van der Waals surface area contributed by atoms with E-state index in [0.29, 0.717) is 35.7 Å². The molecule has 3 aliphatic rings. The summed E-state index contributed by atoms with van der Waals surface area (Å²) in [5.41, 5.74) is 2.73. The van der Waals surface area contributed by atoms with Gasteiger partial charge in [0, 0.05) is 18.3 Å². The lowest BCUT2D eigenvalue weighted by Gasteiger charge is -2.48. The van der Waals surface area contributed by atoms with Crippen LogP contribution in [-0.4, -0.2) is 11.8 Å². The maximum absolute atomic E-state index is 12.6. The minimum Gasteiger partial charge on any atom is -0.427 e. The summed E-state index contributed by atoms with van der Waals surface area (Å²) in [7, 11) is 0. The Hall–Kier alpha value is -1.90. The van der Waals surface area contributed by atoms with Crippen molar-refractivity contribution in [2.24, 2.45) is 17.3 Å². The number of carbonyl (C=O) groups is 2. The largest absolute Gasteiger partial charge is 0.427 e. The first kappa shape index (κ1) is 30.1. The van der Waals surface area contributed by atoms with Gasteiger partial charge in [-0.15, -0.1) is 0 Å². The number of ketones is 1. The van der Waals surface area contributed by atoms with Crippen molar-refractivity contribution in [3.05, 3.63) is 41.5 Å². The first-order valence-corrected chi connectivity index (χ1v) is 16.5. The molecule has 0 heterocycles. The van der Waals surface area contributed by atoms with E-state index in [1.165, 1.54) is 81.8 Å². The number of allylic oxidation sites excluding steroid dienone is 2. The number of benzene rings is 1. The molecule has 0 amide bonds. The number of esters is 1. The van der Waals surface area contributed by atoms with Crippen molar-refractivity contribution in [3.63, 3.8) is 0 Å². The monoisotopic (exact) mass is 534 g/mol. The lowest BCUT2D eigenvalue weighted by molar-refractivity contribution is -0.134. The fourth-order valence-electron chi connectivity index (χ4n) is 7.92. The number of fused-ring (bicyclic) bond motifs is 5. The fourth-order valence-corrected chi connectivity index (χ4v) is 7.92. The lowest BCUT2D eigenvalue weighted by Crippen LogP contribution is -2.42. The zero-order valence-corrected chi connectivity index (χ0v) is 25.0. The number of Topliss-reactive ketones (excluding diaryl/α,β-unsaturated/α-hetero) is 1. The second-order valence-corrected chi connectivity index (χ2v) is 13.0. The summed E-state index contributed by atoms with van der Waals surface area (Å²) in [6.45, 7) is 4.50. The summed E-state index contributed by atoms with van der Waals surface area (Å²) < 4.78 is 5.74. The number of aryl methyl sites for hydroxylation is 1. The summed E-state index contributed by atoms with van der Waals surface area (Å²) >= 11 is 0. The highest BCUT2D eigenvalue weighted by Gasteiger charge is 2.54. The van der Waals surface area contributed by atoms with Crippen molar-refractivity contribution in [2.45, 2.75) is 148 Å². The molecule has 39 heavy (non-hydrogen) atoms. The van der Waals surface area contributed by atoms with E-state index in [9.17, 15) is 9.59 Å². The van der Waals surface area contributed by atoms with Crippen LogP contribution in [0.5, 0.6) is 5.75 Å². The molecule has 4 atom stereocenters. The fraction of sp³-hybridized carbons (Fsp3) is 0.722. The first-order chi connectivity index (χ1) is 19.0. The molecular weight excluding hydrogens is 480 g/mol. The van der Waals surface area contributed by atoms with Gasteiger partial charge in [0.25, 0.3) is 0 Å². The van der Waals surface area contributed by atoms with Crippen molar-refractivity contribution in [1.29, 1.82) is 0 Å². The Bertz CT molecular complexity index is 962. The van der Waals surface area contributed by atoms with Gasteiger partial charge >= 0.3 is 5.97 Å². The molecule has 4 rings (SSSR count). The van der Waals surface area contributed by atoms with Crippen LogP contribution >= 0.6 is 0 Å². The van der Waals surface area contributed by atoms with Crippen molar-refractivity contribution >= 4 is 11.8 Å². The number of hydrogen-bond donors (Lipinski definition) is 0. The smallest absolute Gasteiger partial charge is 0.311 e. The van der Waals surface area contributed by atoms with E-state index >= 15 is 0 Å². The van der Waals surface area contributed by atoms with Gasteiger partial charge in [0.1, 0.15) is 11.5 Å². The third kappa shape index (κ3) is 8.08. The third-order valence-corrected chi connectivity index (χ3v) is 10.3. The maximum Gasteiger partial charge on any atom is 0.311 e. The van der Waals surface area contributed by atoms with Crippen LogP contribution in [0.1, 0.15) is 153 Å². The average Bonchev–Trinajstić information content (AvgIpc) is 3.24. The van der Waals surface area contributed by atoms with Crippen molar-refractivity contribution < 1.29 is 14.3 Å². The predicted molar refractivity (Wildman–Crippen MR) is 161 cm³/mol. The van der Waals surface area contributed by atoms with Gasteiger partial charge in [-0.1, -0.05) is 83.4 Å². The summed E-state index contributed by atoms with van der Waals surface area (Å²) in [5.74, 6) is 2.88. The molecule has 1 aromatic carbocycles. The molecule has 0 saturated heterocycles. The highest BCUT2D eigenvalue weighted by atomic mass is 16.5. The van der Waals surface area contributed by atoms with Crippen LogP contribution in [0.25, 0.3) is 0 Å². The molecule has 1 aromatic rings. The topological polar surface area (TPSA) is 43.4 Å². The minimum atomic E-state index is -0.0980. The van der Waals surface area contributed by atoms with Crippen LogP contribution in [0.2, 0.25) is 0 Å². The molecule has 0 aliphatic heterocycles. The molecule has 3 heteroatoms. The molecule has 3 aliphatic carbocycles. The SMILES string of the molecule is CCCCCCCC/C=C\CCCCCCCC(=O)Oc1ccc2c(c1)CC[C@@H]1C2CCC2(C)C(=O)CCC12. The molecule has 3 unspecified atom stereocenters. The zero-order valence-electron chi connectivity index (χ0n) is 25.0. The van der Waals surface area contributed by atoms with Crippen molar-refractivity contribution in [1.82, 2.24) is 0 Å². The van der Waals surface area contributed by atoms with Gasteiger partial charge in [0.2, 0.25) is 0 Å². The predicted octanol–water partition coefficient (Wildman–Crippen LogP) is 10.1. The molecular formula is C36H54O3. The molecule has 3 nitrogen and oxygen atoms in total. The van der Waals surface area contributed by atoms with Crippen LogP contribution in [0.3, 0.4) is 0 Å². The molecule has 0 spiro atoms. The number of rotatable bonds is 16. The van der Waals surface area contributed by atoms with Crippen LogP contribution in [0, 0.1) is 17.3 Å². The van der Waals surface area contributed by atoms with E-state index in [2.05, 4.69) is 38.1 Å². The van der Waals surface area contributed by atoms with Crippen molar-refractivity contribution in [3.8, 4) is 5.75 Å². The Morgan fingerprint density at radius 3 is 2.33 bits per heavy atom. The number of carbonyl (C=O) groups excluding carboxylic acids is 2. The van der Waals surface area contributed by atoms with Crippen LogP contribution in [-0.2, 0) is 16.0 Å². The van der Waals surface area contributed by atoms with Gasteiger partial charge in [0.05, 0.1) is 0 Å². The first-order valence-electron chi connectivity index (χ1n) is 16.5. The molecule has 2 fully saturated rings. The van der Waals surface area contributed by atoms with Gasteiger partial charge in [0.15, 0.2) is 0 Å². The average molecular weight is 535 g/mol. The Kier molecular flexibility index (Phi) is 11.7. The number of unbranched alkanes of at least 4 members (excludes halogenated alkanes) is 11. The van der Waals surface area contributed by atoms with Crippen LogP contribution in [0.15, 0.2) is 30.4 Å². The Labute approximate surface area is 238 Å². The summed E-state index contributed by atoms with van der Waals surface area (Å²) in [5, 5.41) is 0. The van der Waals surface area contributed by atoms with Gasteiger partial charge in [-0.25, -0.2) is 0 Å². The van der Waals surface area contributed by atoms with E-state index in [1.807, 2.05) is 6.07 Å². The normalized spacial score (nSPS) is 25.9. The standard InChI is InChI=1S/C36H54O3/c1-3-4-5-6-7-8-9-10-11-12-13-14-15-16-17-18-35(38)39-29-20-22-30-28(27-29)19-21-32-31(30)25-26-36(2)33(32)23-24-34(36)37/h10-11,20,22,27,31-33H,3-9,12-19,21,23-26H2,1-2H3/b11-10-/t31?,32-,33?,36?/m1/s1. The van der Waals surface area contributed by atoms with Gasteiger partial charge in [-0.3, -0.25) is 9.59 Å². The minimum absolute atomic E-state index is 0.0713. The van der Waals surface area contributed by atoms with E-state index in [1.54, 1.807) is 0 Å². The molecule has 0 bridgehead atoms. The highest BCUT2D eigenvalue weighted by molar-refractivity contribution is 5.87. The molecule has 2 saturated carbocycles. The highest BCUT2D eigenvalue weighted by Crippen LogP contribution is 2.59. The van der Waals surface area contributed by atoms with E-state index in [4.69, 9.17) is 4.74 Å². The Morgan fingerprint density at radius 1 is 0.897 bits per heavy atom. The Morgan fingerprint density at radius 2 is 1.59 bits per heavy atom. The summed E-state index contributed by atoms with van der Waals surface area (Å²) in [6, 6.07) is 6.35. The Balaban J connectivity index is 1.08. The van der Waals surface area contributed by atoms with Gasteiger partial charge < -0.3 is 4.74 Å². The van der Waals surface area contributed by atoms with Crippen LogP contribution in [0.4, 0.5) is 0 Å². The molecule has 0 N–H and O–H groups in total. The van der Waals surface area contributed by atoms with E-state index < -0.39 is 0 Å². The summed E-state index contributed by atoms with van der Waals surface area (Å²) in [4.78, 5) is 25.0. The van der Waals surface area contributed by atoms with Gasteiger partial charge in [-0.2, -0.15) is 0 Å². The van der Waals surface area contributed by atoms with Crippen LogP contribution < -0.4 is 4.74 Å². The maximum atomic E-state index is 12.6.